The smallest absolute Gasteiger partial charge is 0.164 e. The third-order valence-corrected chi connectivity index (χ3v) is 3.10. The summed E-state index contributed by atoms with van der Waals surface area (Å²) in [5, 5.41) is 0.603. The molecule has 1 aromatic carbocycles. The number of hydrogen-bond acceptors (Lipinski definition) is 1. The van der Waals surface area contributed by atoms with Crippen molar-refractivity contribution in [3.8, 4) is 0 Å². The van der Waals surface area contributed by atoms with Gasteiger partial charge in [-0.15, -0.1) is 0 Å². The van der Waals surface area contributed by atoms with Crippen molar-refractivity contribution in [3.63, 3.8) is 0 Å². The number of Topliss-reactive ketones (excluding diaryl/α,β-unsaturated/α-hetero) is 1. The van der Waals surface area contributed by atoms with E-state index >= 15 is 0 Å². The average molecular weight is 290 g/mol. The molecular weight excluding hydrogens is 275 g/mol. The standard InChI is InChI=1S/C12H14BrClO/c1-8(2)3-6-12(15)10-7-9(14)4-5-11(10)13/h4-5,7-8H,3,6H2,1-2H3. The zero-order valence-corrected chi connectivity index (χ0v) is 11.2. The fourth-order valence-corrected chi connectivity index (χ4v) is 1.91. The number of benzene rings is 1. The Bertz CT molecular complexity index is 361. The summed E-state index contributed by atoms with van der Waals surface area (Å²) in [4.78, 5) is 11.8. The van der Waals surface area contributed by atoms with E-state index < -0.39 is 0 Å². The lowest BCUT2D eigenvalue weighted by molar-refractivity contribution is 0.0974. The molecule has 0 heterocycles. The number of rotatable bonds is 4. The molecule has 1 aromatic rings. The van der Waals surface area contributed by atoms with Gasteiger partial charge in [0.2, 0.25) is 0 Å². The minimum Gasteiger partial charge on any atom is -0.294 e. The third kappa shape index (κ3) is 3.96. The van der Waals surface area contributed by atoms with E-state index in [9.17, 15) is 4.79 Å². The molecule has 0 saturated heterocycles. The minimum atomic E-state index is 0.151. The van der Waals surface area contributed by atoms with Gasteiger partial charge in [-0.05, 0) is 30.5 Å². The molecule has 0 fully saturated rings. The summed E-state index contributed by atoms with van der Waals surface area (Å²) >= 11 is 9.21. The lowest BCUT2D eigenvalue weighted by Crippen LogP contribution is -2.02. The van der Waals surface area contributed by atoms with Crippen LogP contribution in [0.15, 0.2) is 22.7 Å². The molecule has 0 aliphatic heterocycles. The first kappa shape index (κ1) is 12.7. The van der Waals surface area contributed by atoms with Crippen LogP contribution in [0.2, 0.25) is 5.02 Å². The summed E-state index contributed by atoms with van der Waals surface area (Å²) in [5.41, 5.74) is 0.683. The first-order chi connectivity index (χ1) is 7.00. The van der Waals surface area contributed by atoms with Gasteiger partial charge >= 0.3 is 0 Å². The predicted molar refractivity (Wildman–Crippen MR) is 67.6 cm³/mol. The first-order valence-electron chi connectivity index (χ1n) is 4.99. The number of halogens is 2. The van der Waals surface area contributed by atoms with Crippen LogP contribution >= 0.6 is 27.5 Å². The molecule has 0 aromatic heterocycles. The Kier molecular flexibility index (Phi) is 4.81. The van der Waals surface area contributed by atoms with Gasteiger partial charge in [-0.25, -0.2) is 0 Å². The summed E-state index contributed by atoms with van der Waals surface area (Å²) < 4.78 is 0.820. The molecule has 0 atom stereocenters. The maximum Gasteiger partial charge on any atom is 0.164 e. The van der Waals surface area contributed by atoms with Gasteiger partial charge in [-0.3, -0.25) is 4.79 Å². The lowest BCUT2D eigenvalue weighted by atomic mass is 10.0. The Morgan fingerprint density at radius 2 is 2.13 bits per heavy atom. The number of hydrogen-bond donors (Lipinski definition) is 0. The van der Waals surface area contributed by atoms with Crippen LogP contribution in [0.25, 0.3) is 0 Å². The van der Waals surface area contributed by atoms with Gasteiger partial charge in [0.05, 0.1) is 0 Å². The normalized spacial score (nSPS) is 10.7. The van der Waals surface area contributed by atoms with Gasteiger partial charge in [-0.2, -0.15) is 0 Å². The van der Waals surface area contributed by atoms with E-state index in [4.69, 9.17) is 11.6 Å². The van der Waals surface area contributed by atoms with Gasteiger partial charge in [0.15, 0.2) is 5.78 Å². The summed E-state index contributed by atoms with van der Waals surface area (Å²) in [6.45, 7) is 4.22. The Morgan fingerprint density at radius 3 is 2.73 bits per heavy atom. The van der Waals surface area contributed by atoms with Gasteiger partial charge in [0.1, 0.15) is 0 Å². The van der Waals surface area contributed by atoms with Crippen molar-refractivity contribution in [1.29, 1.82) is 0 Å². The topological polar surface area (TPSA) is 17.1 Å². The van der Waals surface area contributed by atoms with Crippen molar-refractivity contribution in [3.05, 3.63) is 33.3 Å². The van der Waals surface area contributed by atoms with Crippen molar-refractivity contribution >= 4 is 33.3 Å². The van der Waals surface area contributed by atoms with E-state index in [-0.39, 0.29) is 5.78 Å². The summed E-state index contributed by atoms with van der Waals surface area (Å²) in [6.07, 6.45) is 1.49. The first-order valence-corrected chi connectivity index (χ1v) is 6.16. The second-order valence-electron chi connectivity index (χ2n) is 3.98. The van der Waals surface area contributed by atoms with Crippen molar-refractivity contribution in [2.45, 2.75) is 26.7 Å². The Balaban J connectivity index is 2.77. The van der Waals surface area contributed by atoms with Gasteiger partial charge in [0.25, 0.3) is 0 Å². The molecule has 0 amide bonds. The van der Waals surface area contributed by atoms with Crippen molar-refractivity contribution in [2.24, 2.45) is 5.92 Å². The zero-order chi connectivity index (χ0) is 11.4. The lowest BCUT2D eigenvalue weighted by Gasteiger charge is -2.06. The highest BCUT2D eigenvalue weighted by Gasteiger charge is 2.11. The van der Waals surface area contributed by atoms with E-state index in [0.29, 0.717) is 22.9 Å². The average Bonchev–Trinajstić information content (AvgIpc) is 2.18. The van der Waals surface area contributed by atoms with E-state index in [1.165, 1.54) is 0 Å². The minimum absolute atomic E-state index is 0.151. The number of ketones is 1. The van der Waals surface area contributed by atoms with Crippen LogP contribution in [0.4, 0.5) is 0 Å². The molecule has 0 aliphatic rings. The highest BCUT2D eigenvalue weighted by molar-refractivity contribution is 9.10. The molecule has 0 unspecified atom stereocenters. The molecule has 15 heavy (non-hydrogen) atoms. The molecule has 1 rings (SSSR count). The molecular formula is C12H14BrClO. The Hall–Kier alpha value is -0.340. The molecule has 3 heteroatoms. The summed E-state index contributed by atoms with van der Waals surface area (Å²) in [7, 11) is 0. The maximum atomic E-state index is 11.8. The highest BCUT2D eigenvalue weighted by Crippen LogP contribution is 2.23. The van der Waals surface area contributed by atoms with Crippen LogP contribution < -0.4 is 0 Å². The van der Waals surface area contributed by atoms with Crippen LogP contribution in [-0.2, 0) is 0 Å². The SMILES string of the molecule is CC(C)CCC(=O)c1cc(Cl)ccc1Br. The van der Waals surface area contributed by atoms with E-state index in [1.807, 2.05) is 6.07 Å². The maximum absolute atomic E-state index is 11.8. The highest BCUT2D eigenvalue weighted by atomic mass is 79.9. The largest absolute Gasteiger partial charge is 0.294 e. The Labute approximate surface area is 104 Å². The van der Waals surface area contributed by atoms with Crippen LogP contribution in [0.3, 0.4) is 0 Å². The van der Waals surface area contributed by atoms with Crippen molar-refractivity contribution < 1.29 is 4.79 Å². The fourth-order valence-electron chi connectivity index (χ4n) is 1.27. The number of carbonyl (C=O) groups excluding carboxylic acids is 1. The summed E-state index contributed by atoms with van der Waals surface area (Å²) in [5.74, 6) is 0.699. The third-order valence-electron chi connectivity index (χ3n) is 2.18. The van der Waals surface area contributed by atoms with Crippen LogP contribution in [0.1, 0.15) is 37.0 Å². The van der Waals surface area contributed by atoms with Gasteiger partial charge < -0.3 is 0 Å². The Morgan fingerprint density at radius 1 is 1.47 bits per heavy atom. The molecule has 1 nitrogen and oxygen atoms in total. The van der Waals surface area contributed by atoms with Crippen LogP contribution in [0, 0.1) is 5.92 Å². The van der Waals surface area contributed by atoms with Crippen LogP contribution in [-0.4, -0.2) is 5.78 Å². The molecule has 82 valence electrons. The fraction of sp³-hybridized carbons (Fsp3) is 0.417. The second kappa shape index (κ2) is 5.66. The van der Waals surface area contributed by atoms with E-state index in [0.717, 1.165) is 10.9 Å². The van der Waals surface area contributed by atoms with Gasteiger partial charge in [0, 0.05) is 21.5 Å². The molecule has 0 saturated carbocycles. The van der Waals surface area contributed by atoms with Crippen molar-refractivity contribution in [1.82, 2.24) is 0 Å². The molecule has 0 aliphatic carbocycles. The molecule has 0 bridgehead atoms. The molecule has 0 radical (unpaired) electrons. The van der Waals surface area contributed by atoms with Gasteiger partial charge in [-0.1, -0.05) is 41.4 Å². The second-order valence-corrected chi connectivity index (χ2v) is 5.27. The monoisotopic (exact) mass is 288 g/mol. The quantitative estimate of drug-likeness (QED) is 0.733. The van der Waals surface area contributed by atoms with E-state index in [1.54, 1.807) is 12.1 Å². The molecule has 0 N–H and O–H groups in total. The van der Waals surface area contributed by atoms with Crippen molar-refractivity contribution in [2.75, 3.05) is 0 Å². The summed E-state index contributed by atoms with van der Waals surface area (Å²) in [6, 6.07) is 5.30. The number of carbonyl (C=O) groups is 1. The zero-order valence-electron chi connectivity index (χ0n) is 8.89. The van der Waals surface area contributed by atoms with E-state index in [2.05, 4.69) is 29.8 Å². The molecule has 0 spiro atoms. The predicted octanol–water partition coefficient (Wildman–Crippen LogP) is 4.72. The van der Waals surface area contributed by atoms with Crippen LogP contribution in [0.5, 0.6) is 0 Å².